The fraction of sp³-hybridized carbons (Fsp3) is 0. The van der Waals surface area contributed by atoms with Crippen LogP contribution in [0, 0.1) is 0 Å². The van der Waals surface area contributed by atoms with E-state index in [-0.39, 0.29) is 5.28 Å². The van der Waals surface area contributed by atoms with Gasteiger partial charge >= 0.3 is 0 Å². The van der Waals surface area contributed by atoms with Gasteiger partial charge in [-0.15, -0.1) is 0 Å². The zero-order valence-electron chi connectivity index (χ0n) is 8.11. The summed E-state index contributed by atoms with van der Waals surface area (Å²) >= 11 is 11.6. The van der Waals surface area contributed by atoms with Crippen LogP contribution in [0.25, 0.3) is 0 Å². The molecule has 2 aromatic rings. The molecule has 0 aliphatic rings. The fourth-order valence-electron chi connectivity index (χ4n) is 1.19. The SMILES string of the molecule is Nc1cccc(Nc2nc(Cl)ncc2Cl)c1. The fourth-order valence-corrected chi connectivity index (χ4v) is 1.46. The van der Waals surface area contributed by atoms with Gasteiger partial charge in [0.2, 0.25) is 5.28 Å². The number of nitrogens with two attached hydrogens (primary N) is 1. The van der Waals surface area contributed by atoms with Crippen molar-refractivity contribution in [1.29, 1.82) is 0 Å². The highest BCUT2D eigenvalue weighted by Crippen LogP contribution is 2.24. The van der Waals surface area contributed by atoms with Crippen LogP contribution in [0.1, 0.15) is 0 Å². The quantitative estimate of drug-likeness (QED) is 0.639. The molecule has 1 heterocycles. The molecule has 0 bridgehead atoms. The summed E-state index contributed by atoms with van der Waals surface area (Å²) in [6, 6.07) is 7.24. The molecule has 6 heteroatoms. The van der Waals surface area contributed by atoms with Gasteiger partial charge in [-0.3, -0.25) is 0 Å². The van der Waals surface area contributed by atoms with Crippen LogP contribution >= 0.6 is 23.2 Å². The molecule has 0 aliphatic carbocycles. The molecule has 0 spiro atoms. The maximum Gasteiger partial charge on any atom is 0.224 e. The van der Waals surface area contributed by atoms with Gasteiger partial charge in [0.05, 0.1) is 6.20 Å². The monoisotopic (exact) mass is 254 g/mol. The topological polar surface area (TPSA) is 63.8 Å². The molecular formula is C10H8Cl2N4. The number of hydrogen-bond acceptors (Lipinski definition) is 4. The first-order valence-corrected chi connectivity index (χ1v) is 5.21. The van der Waals surface area contributed by atoms with Gasteiger partial charge in [-0.2, -0.15) is 4.98 Å². The van der Waals surface area contributed by atoms with Crippen LogP contribution in [-0.4, -0.2) is 9.97 Å². The lowest BCUT2D eigenvalue weighted by molar-refractivity contribution is 1.17. The van der Waals surface area contributed by atoms with Crippen LogP contribution in [0.15, 0.2) is 30.5 Å². The van der Waals surface area contributed by atoms with Crippen molar-refractivity contribution in [2.45, 2.75) is 0 Å². The summed E-state index contributed by atoms with van der Waals surface area (Å²) < 4.78 is 0. The number of rotatable bonds is 2. The van der Waals surface area contributed by atoms with Gasteiger partial charge in [0.25, 0.3) is 0 Å². The second kappa shape index (κ2) is 4.55. The van der Waals surface area contributed by atoms with Crippen molar-refractivity contribution in [3.8, 4) is 0 Å². The normalized spacial score (nSPS) is 10.1. The van der Waals surface area contributed by atoms with E-state index in [1.54, 1.807) is 12.1 Å². The van der Waals surface area contributed by atoms with E-state index in [1.165, 1.54) is 6.20 Å². The molecule has 0 amide bonds. The summed E-state index contributed by atoms with van der Waals surface area (Å²) in [7, 11) is 0. The summed E-state index contributed by atoms with van der Waals surface area (Å²) in [6.45, 7) is 0. The van der Waals surface area contributed by atoms with Crippen molar-refractivity contribution >= 4 is 40.4 Å². The van der Waals surface area contributed by atoms with Crippen LogP contribution in [-0.2, 0) is 0 Å². The van der Waals surface area contributed by atoms with Gasteiger partial charge in [-0.05, 0) is 29.8 Å². The smallest absolute Gasteiger partial charge is 0.224 e. The number of nitrogens with zero attached hydrogens (tertiary/aromatic N) is 2. The van der Waals surface area contributed by atoms with Gasteiger partial charge in [0, 0.05) is 11.4 Å². The standard InChI is InChI=1S/C10H8Cl2N4/c11-8-5-14-10(12)16-9(8)15-7-3-1-2-6(13)4-7/h1-5H,13H2,(H,14,15,16). The third-order valence-corrected chi connectivity index (χ3v) is 2.32. The lowest BCUT2D eigenvalue weighted by Crippen LogP contribution is -1.96. The average molecular weight is 255 g/mol. The number of aromatic nitrogens is 2. The van der Waals surface area contributed by atoms with Gasteiger partial charge in [0.15, 0.2) is 5.82 Å². The first kappa shape index (κ1) is 11.0. The van der Waals surface area contributed by atoms with Crippen molar-refractivity contribution in [3.05, 3.63) is 40.8 Å². The number of nitrogen functional groups attached to an aromatic ring is 1. The molecule has 1 aromatic carbocycles. The summed E-state index contributed by atoms with van der Waals surface area (Å²) in [6.07, 6.45) is 1.44. The maximum absolute atomic E-state index is 5.91. The van der Waals surface area contributed by atoms with Gasteiger partial charge in [-0.1, -0.05) is 17.7 Å². The zero-order valence-corrected chi connectivity index (χ0v) is 9.63. The van der Waals surface area contributed by atoms with Gasteiger partial charge in [-0.25, -0.2) is 4.98 Å². The predicted molar refractivity (Wildman–Crippen MR) is 66.2 cm³/mol. The lowest BCUT2D eigenvalue weighted by atomic mass is 10.3. The van der Waals surface area contributed by atoms with Crippen LogP contribution in [0.2, 0.25) is 10.3 Å². The van der Waals surface area contributed by atoms with E-state index >= 15 is 0 Å². The molecule has 16 heavy (non-hydrogen) atoms. The Labute approximate surface area is 102 Å². The first-order valence-electron chi connectivity index (χ1n) is 4.46. The van der Waals surface area contributed by atoms with Crippen molar-refractivity contribution in [3.63, 3.8) is 0 Å². The van der Waals surface area contributed by atoms with E-state index in [0.717, 1.165) is 5.69 Å². The van der Waals surface area contributed by atoms with E-state index in [9.17, 15) is 0 Å². The Kier molecular flexibility index (Phi) is 3.12. The molecule has 0 saturated carbocycles. The highest BCUT2D eigenvalue weighted by atomic mass is 35.5. The molecule has 0 fully saturated rings. The Morgan fingerprint density at radius 3 is 2.81 bits per heavy atom. The minimum absolute atomic E-state index is 0.135. The van der Waals surface area contributed by atoms with E-state index in [2.05, 4.69) is 15.3 Å². The maximum atomic E-state index is 5.91. The average Bonchev–Trinajstić information content (AvgIpc) is 2.24. The van der Waals surface area contributed by atoms with Crippen molar-refractivity contribution < 1.29 is 0 Å². The van der Waals surface area contributed by atoms with Gasteiger partial charge in [0.1, 0.15) is 5.02 Å². The molecule has 0 saturated heterocycles. The highest BCUT2D eigenvalue weighted by Gasteiger charge is 2.04. The Morgan fingerprint density at radius 2 is 2.06 bits per heavy atom. The lowest BCUT2D eigenvalue weighted by Gasteiger charge is -2.07. The second-order valence-electron chi connectivity index (χ2n) is 3.09. The number of hydrogen-bond donors (Lipinski definition) is 2. The highest BCUT2D eigenvalue weighted by molar-refractivity contribution is 6.33. The molecule has 2 rings (SSSR count). The van der Waals surface area contributed by atoms with Crippen LogP contribution in [0.4, 0.5) is 17.2 Å². The van der Waals surface area contributed by atoms with Crippen LogP contribution in [0.5, 0.6) is 0 Å². The van der Waals surface area contributed by atoms with Crippen LogP contribution in [0.3, 0.4) is 0 Å². The van der Waals surface area contributed by atoms with E-state index in [4.69, 9.17) is 28.9 Å². The number of halogens is 2. The molecular weight excluding hydrogens is 247 g/mol. The minimum atomic E-state index is 0.135. The first-order chi connectivity index (χ1) is 7.65. The Balaban J connectivity index is 2.30. The molecule has 3 N–H and O–H groups in total. The molecule has 1 aromatic heterocycles. The Hall–Kier alpha value is -1.52. The minimum Gasteiger partial charge on any atom is -0.399 e. The number of anilines is 3. The number of benzene rings is 1. The van der Waals surface area contributed by atoms with E-state index in [0.29, 0.717) is 16.5 Å². The van der Waals surface area contributed by atoms with Crippen molar-refractivity contribution in [2.24, 2.45) is 0 Å². The molecule has 0 aliphatic heterocycles. The van der Waals surface area contributed by atoms with Crippen molar-refractivity contribution in [2.75, 3.05) is 11.1 Å². The Morgan fingerprint density at radius 1 is 1.25 bits per heavy atom. The summed E-state index contributed by atoms with van der Waals surface area (Å²) in [5.41, 5.74) is 7.09. The number of nitrogens with one attached hydrogen (secondary N) is 1. The molecule has 0 atom stereocenters. The van der Waals surface area contributed by atoms with Crippen molar-refractivity contribution in [1.82, 2.24) is 9.97 Å². The molecule has 0 radical (unpaired) electrons. The zero-order chi connectivity index (χ0) is 11.5. The predicted octanol–water partition coefficient (Wildman–Crippen LogP) is 3.11. The van der Waals surface area contributed by atoms with E-state index in [1.807, 2.05) is 12.1 Å². The largest absolute Gasteiger partial charge is 0.399 e. The molecule has 0 unspecified atom stereocenters. The third-order valence-electron chi connectivity index (χ3n) is 1.86. The Bertz CT molecular complexity index is 516. The third kappa shape index (κ3) is 2.53. The summed E-state index contributed by atoms with van der Waals surface area (Å²) in [4.78, 5) is 7.72. The van der Waals surface area contributed by atoms with E-state index < -0.39 is 0 Å². The second-order valence-corrected chi connectivity index (χ2v) is 3.83. The summed E-state index contributed by atoms with van der Waals surface area (Å²) in [5, 5.41) is 3.54. The molecule has 82 valence electrons. The van der Waals surface area contributed by atoms with Crippen LogP contribution < -0.4 is 11.1 Å². The van der Waals surface area contributed by atoms with Gasteiger partial charge < -0.3 is 11.1 Å². The summed E-state index contributed by atoms with van der Waals surface area (Å²) in [5.74, 6) is 0.451. The molecule has 4 nitrogen and oxygen atoms in total.